The SMILES string of the molecule is CC1CCCCC1(C(N)=O)C1(N2CCN(C)CC2)CCC1. The number of nitrogens with two attached hydrogens (primary N) is 1. The van der Waals surface area contributed by atoms with E-state index in [0.717, 1.165) is 32.6 Å². The van der Waals surface area contributed by atoms with Gasteiger partial charge in [0.1, 0.15) is 0 Å². The third-order valence-corrected chi connectivity index (χ3v) is 6.86. The number of nitrogens with zero attached hydrogens (tertiary/aromatic N) is 2. The van der Waals surface area contributed by atoms with Crippen LogP contribution in [0, 0.1) is 11.3 Å². The quantitative estimate of drug-likeness (QED) is 0.864. The van der Waals surface area contributed by atoms with E-state index in [-0.39, 0.29) is 16.9 Å². The predicted octanol–water partition coefficient (Wildman–Crippen LogP) is 1.84. The highest BCUT2D eigenvalue weighted by atomic mass is 16.1. The molecule has 2 saturated carbocycles. The topological polar surface area (TPSA) is 49.6 Å². The first-order valence-electron chi connectivity index (χ1n) is 8.76. The first kappa shape index (κ1) is 15.3. The summed E-state index contributed by atoms with van der Waals surface area (Å²) in [6.07, 6.45) is 8.20. The van der Waals surface area contributed by atoms with Crippen molar-refractivity contribution in [2.45, 2.75) is 57.4 Å². The van der Waals surface area contributed by atoms with Crippen LogP contribution in [0.3, 0.4) is 0 Å². The number of carbonyl (C=O) groups excluding carboxylic acids is 1. The molecule has 3 rings (SSSR count). The largest absolute Gasteiger partial charge is 0.369 e. The average molecular weight is 293 g/mol. The Balaban J connectivity index is 1.93. The van der Waals surface area contributed by atoms with Crippen LogP contribution in [0.25, 0.3) is 0 Å². The van der Waals surface area contributed by atoms with Crippen LogP contribution < -0.4 is 5.73 Å². The Morgan fingerprint density at radius 3 is 2.19 bits per heavy atom. The number of amides is 1. The molecule has 0 aromatic heterocycles. The van der Waals surface area contributed by atoms with Gasteiger partial charge in [-0.3, -0.25) is 9.69 Å². The van der Waals surface area contributed by atoms with Crippen molar-refractivity contribution < 1.29 is 4.79 Å². The number of hydrogen-bond donors (Lipinski definition) is 1. The van der Waals surface area contributed by atoms with Gasteiger partial charge in [-0.15, -0.1) is 0 Å². The van der Waals surface area contributed by atoms with Crippen LogP contribution in [0.15, 0.2) is 0 Å². The minimum atomic E-state index is -0.278. The molecule has 2 N–H and O–H groups in total. The van der Waals surface area contributed by atoms with Crippen LogP contribution in [0.2, 0.25) is 0 Å². The second-order valence-electron chi connectivity index (χ2n) is 7.66. The van der Waals surface area contributed by atoms with Crippen molar-refractivity contribution in [1.29, 1.82) is 0 Å². The normalized spacial score (nSPS) is 37.9. The van der Waals surface area contributed by atoms with Crippen molar-refractivity contribution in [1.82, 2.24) is 9.80 Å². The number of primary amides is 1. The molecular formula is C17H31N3O. The molecule has 21 heavy (non-hydrogen) atoms. The highest BCUT2D eigenvalue weighted by Gasteiger charge is 2.63. The van der Waals surface area contributed by atoms with Gasteiger partial charge >= 0.3 is 0 Å². The van der Waals surface area contributed by atoms with E-state index in [1.165, 1.54) is 38.5 Å². The van der Waals surface area contributed by atoms with Crippen molar-refractivity contribution >= 4 is 5.91 Å². The first-order chi connectivity index (χ1) is 10.0. The Morgan fingerprint density at radius 1 is 1.05 bits per heavy atom. The van der Waals surface area contributed by atoms with E-state index in [1.807, 2.05) is 0 Å². The van der Waals surface area contributed by atoms with Crippen molar-refractivity contribution in [3.05, 3.63) is 0 Å². The zero-order valence-corrected chi connectivity index (χ0v) is 13.7. The molecule has 0 bridgehead atoms. The monoisotopic (exact) mass is 293 g/mol. The lowest BCUT2D eigenvalue weighted by Crippen LogP contribution is -2.72. The fourth-order valence-corrected chi connectivity index (χ4v) is 5.42. The Morgan fingerprint density at radius 2 is 1.71 bits per heavy atom. The van der Waals surface area contributed by atoms with E-state index in [2.05, 4.69) is 23.8 Å². The van der Waals surface area contributed by atoms with Gasteiger partial charge in [0.2, 0.25) is 5.91 Å². The zero-order chi connectivity index (χ0) is 15.1. The Kier molecular flexibility index (Phi) is 4.04. The van der Waals surface area contributed by atoms with E-state index in [1.54, 1.807) is 0 Å². The van der Waals surface area contributed by atoms with Gasteiger partial charge in [0.15, 0.2) is 0 Å². The second kappa shape index (κ2) is 5.54. The van der Waals surface area contributed by atoms with Gasteiger partial charge in [0.05, 0.1) is 5.41 Å². The van der Waals surface area contributed by atoms with Crippen molar-refractivity contribution in [3.63, 3.8) is 0 Å². The standard InChI is InChI=1S/C17H31N3O/c1-14-6-3-4-9-17(14,15(18)21)16(7-5-8-16)20-12-10-19(2)11-13-20/h14H,3-13H2,1-2H3,(H2,18,21). The van der Waals surface area contributed by atoms with E-state index in [0.29, 0.717) is 5.92 Å². The summed E-state index contributed by atoms with van der Waals surface area (Å²) >= 11 is 0. The maximum Gasteiger partial charge on any atom is 0.225 e. The molecule has 3 fully saturated rings. The summed E-state index contributed by atoms with van der Waals surface area (Å²) in [5, 5.41) is 0. The molecule has 1 aliphatic heterocycles. The molecule has 0 aromatic carbocycles. The van der Waals surface area contributed by atoms with E-state index >= 15 is 0 Å². The third-order valence-electron chi connectivity index (χ3n) is 6.86. The molecule has 4 nitrogen and oxygen atoms in total. The molecule has 3 aliphatic rings. The van der Waals surface area contributed by atoms with E-state index < -0.39 is 0 Å². The number of hydrogen-bond acceptors (Lipinski definition) is 3. The Bertz CT molecular complexity index is 399. The molecule has 2 aliphatic carbocycles. The molecule has 1 saturated heterocycles. The van der Waals surface area contributed by atoms with Crippen LogP contribution in [-0.4, -0.2) is 54.5 Å². The predicted molar refractivity (Wildman–Crippen MR) is 84.9 cm³/mol. The third kappa shape index (κ3) is 2.14. The van der Waals surface area contributed by atoms with Crippen molar-refractivity contribution in [2.24, 2.45) is 17.1 Å². The fraction of sp³-hybridized carbons (Fsp3) is 0.941. The molecule has 1 heterocycles. The van der Waals surface area contributed by atoms with E-state index in [4.69, 9.17) is 5.73 Å². The number of rotatable bonds is 3. The van der Waals surface area contributed by atoms with Crippen molar-refractivity contribution in [2.75, 3.05) is 33.2 Å². The van der Waals surface area contributed by atoms with Crippen LogP contribution in [-0.2, 0) is 4.79 Å². The van der Waals surface area contributed by atoms with Gasteiger partial charge in [-0.05, 0) is 45.1 Å². The molecule has 0 aromatic rings. The summed E-state index contributed by atoms with van der Waals surface area (Å²) in [6, 6.07) is 0. The van der Waals surface area contributed by atoms with Gasteiger partial charge in [0, 0.05) is 31.7 Å². The summed E-state index contributed by atoms with van der Waals surface area (Å²) in [6.45, 7) is 6.70. The molecule has 0 radical (unpaired) electrons. The minimum absolute atomic E-state index is 0.0201. The summed E-state index contributed by atoms with van der Waals surface area (Å²) in [4.78, 5) is 17.7. The molecule has 0 spiro atoms. The number of carbonyl (C=O) groups is 1. The number of likely N-dealkylation sites (N-methyl/N-ethyl adjacent to an activating group) is 1. The summed E-state index contributed by atoms with van der Waals surface area (Å²) in [5.74, 6) is 0.414. The summed E-state index contributed by atoms with van der Waals surface area (Å²) < 4.78 is 0. The Labute approximate surface area is 129 Å². The highest BCUT2D eigenvalue weighted by molar-refractivity contribution is 5.83. The lowest BCUT2D eigenvalue weighted by Gasteiger charge is -2.64. The van der Waals surface area contributed by atoms with Gasteiger partial charge in [-0.2, -0.15) is 0 Å². The molecule has 4 heteroatoms. The lowest BCUT2D eigenvalue weighted by atomic mass is 9.49. The molecule has 2 atom stereocenters. The Hall–Kier alpha value is -0.610. The molecule has 120 valence electrons. The first-order valence-corrected chi connectivity index (χ1v) is 8.76. The molecule has 1 amide bonds. The number of piperazine rings is 1. The van der Waals surface area contributed by atoms with Gasteiger partial charge in [-0.1, -0.05) is 19.8 Å². The minimum Gasteiger partial charge on any atom is -0.369 e. The van der Waals surface area contributed by atoms with Gasteiger partial charge < -0.3 is 10.6 Å². The van der Waals surface area contributed by atoms with Crippen LogP contribution >= 0.6 is 0 Å². The van der Waals surface area contributed by atoms with Gasteiger partial charge in [-0.25, -0.2) is 0 Å². The summed E-state index contributed by atoms with van der Waals surface area (Å²) in [7, 11) is 2.19. The smallest absolute Gasteiger partial charge is 0.225 e. The van der Waals surface area contributed by atoms with Crippen molar-refractivity contribution in [3.8, 4) is 0 Å². The maximum absolute atomic E-state index is 12.6. The average Bonchev–Trinajstić information content (AvgIpc) is 2.41. The molecular weight excluding hydrogens is 262 g/mol. The van der Waals surface area contributed by atoms with Crippen LogP contribution in [0.1, 0.15) is 51.9 Å². The van der Waals surface area contributed by atoms with E-state index in [9.17, 15) is 4.79 Å². The highest BCUT2D eigenvalue weighted by Crippen LogP contribution is 2.59. The van der Waals surface area contributed by atoms with Gasteiger partial charge in [0.25, 0.3) is 0 Å². The van der Waals surface area contributed by atoms with Crippen LogP contribution in [0.5, 0.6) is 0 Å². The lowest BCUT2D eigenvalue weighted by molar-refractivity contribution is -0.169. The maximum atomic E-state index is 12.6. The second-order valence-corrected chi connectivity index (χ2v) is 7.66. The van der Waals surface area contributed by atoms with Crippen LogP contribution in [0.4, 0.5) is 0 Å². The fourth-order valence-electron chi connectivity index (χ4n) is 5.42. The zero-order valence-electron chi connectivity index (χ0n) is 13.7. The summed E-state index contributed by atoms with van der Waals surface area (Å²) in [5.41, 5.74) is 5.84. The molecule has 2 unspecified atom stereocenters.